The molecule has 7 nitrogen and oxygen atoms in total. The zero-order valence-corrected chi connectivity index (χ0v) is 14.9. The Bertz CT molecular complexity index is 960. The first-order valence-corrected chi connectivity index (χ1v) is 8.24. The van der Waals surface area contributed by atoms with Crippen molar-refractivity contribution in [3.05, 3.63) is 59.9 Å². The second-order valence-corrected chi connectivity index (χ2v) is 5.93. The Morgan fingerprint density at radius 2 is 1.85 bits per heavy atom. The lowest BCUT2D eigenvalue weighted by Crippen LogP contribution is -2.42. The van der Waals surface area contributed by atoms with Crippen molar-refractivity contribution in [3.8, 4) is 11.5 Å². The molecule has 3 rings (SSSR count). The number of furan rings is 1. The molecule has 1 atom stereocenters. The minimum absolute atomic E-state index is 0.0814. The van der Waals surface area contributed by atoms with Crippen LogP contribution in [0.25, 0.3) is 11.0 Å². The Kier molecular flexibility index (Phi) is 5.30. The predicted octanol–water partition coefficient (Wildman–Crippen LogP) is 2.66. The second kappa shape index (κ2) is 7.82. The number of fused-ring (bicyclic) bond motifs is 1. The molecule has 0 aliphatic heterocycles. The minimum atomic E-state index is -0.894. The lowest BCUT2D eigenvalue weighted by molar-refractivity contribution is -0.142. The third-order valence-electron chi connectivity index (χ3n) is 4.11. The van der Waals surface area contributed by atoms with Crippen molar-refractivity contribution in [2.45, 2.75) is 12.5 Å². The van der Waals surface area contributed by atoms with E-state index in [0.29, 0.717) is 16.7 Å². The summed E-state index contributed by atoms with van der Waals surface area (Å²) >= 11 is 0. The fraction of sp³-hybridized carbons (Fsp3) is 0.200. The predicted molar refractivity (Wildman–Crippen MR) is 97.8 cm³/mol. The van der Waals surface area contributed by atoms with Gasteiger partial charge in [0.2, 0.25) is 0 Å². The topological polar surface area (TPSA) is 98.0 Å². The Morgan fingerprint density at radius 3 is 2.52 bits per heavy atom. The van der Waals surface area contributed by atoms with E-state index in [0.717, 1.165) is 5.56 Å². The minimum Gasteiger partial charge on any atom is -0.508 e. The summed E-state index contributed by atoms with van der Waals surface area (Å²) in [6, 6.07) is 12.3. The normalized spacial score (nSPS) is 11.8. The van der Waals surface area contributed by atoms with E-state index in [1.807, 2.05) is 0 Å². The van der Waals surface area contributed by atoms with Gasteiger partial charge in [-0.3, -0.25) is 4.79 Å². The van der Waals surface area contributed by atoms with E-state index < -0.39 is 17.9 Å². The molecule has 2 N–H and O–H groups in total. The first-order chi connectivity index (χ1) is 13.0. The van der Waals surface area contributed by atoms with Crippen LogP contribution in [-0.2, 0) is 16.0 Å². The van der Waals surface area contributed by atoms with Crippen molar-refractivity contribution in [2.24, 2.45) is 0 Å². The summed E-state index contributed by atoms with van der Waals surface area (Å²) in [5.41, 5.74) is 1.30. The molecule has 1 aromatic heterocycles. The standard InChI is InChI=1S/C20H19NO6/c1-25-15-7-8-17-13(10-15)11-18(27-17)19(23)21-16(20(24)26-2)9-12-3-5-14(22)6-4-12/h3-8,10-11,16,22H,9H2,1-2H3,(H,21,23). The van der Waals surface area contributed by atoms with Crippen molar-refractivity contribution in [1.82, 2.24) is 5.32 Å². The number of amides is 1. The third-order valence-corrected chi connectivity index (χ3v) is 4.11. The lowest BCUT2D eigenvalue weighted by atomic mass is 10.1. The molecule has 0 aliphatic carbocycles. The Balaban J connectivity index is 1.79. The average Bonchev–Trinajstić information content (AvgIpc) is 3.11. The molecule has 1 amide bonds. The second-order valence-electron chi connectivity index (χ2n) is 5.93. The molecule has 1 heterocycles. The van der Waals surface area contributed by atoms with Gasteiger partial charge in [0.1, 0.15) is 23.1 Å². The van der Waals surface area contributed by atoms with Crippen molar-refractivity contribution in [2.75, 3.05) is 14.2 Å². The van der Waals surface area contributed by atoms with E-state index in [2.05, 4.69) is 5.32 Å². The van der Waals surface area contributed by atoms with Crippen LogP contribution in [0, 0.1) is 0 Å². The number of methoxy groups -OCH3 is 2. The van der Waals surface area contributed by atoms with Gasteiger partial charge >= 0.3 is 5.97 Å². The number of carbonyl (C=O) groups excluding carboxylic acids is 2. The summed E-state index contributed by atoms with van der Waals surface area (Å²) in [5, 5.41) is 12.7. The van der Waals surface area contributed by atoms with Gasteiger partial charge in [-0.25, -0.2) is 4.79 Å². The van der Waals surface area contributed by atoms with Crippen LogP contribution in [0.2, 0.25) is 0 Å². The van der Waals surface area contributed by atoms with E-state index in [9.17, 15) is 14.7 Å². The molecule has 140 valence electrons. The molecule has 0 saturated carbocycles. The molecule has 0 aliphatic rings. The van der Waals surface area contributed by atoms with Gasteiger partial charge in [-0.1, -0.05) is 12.1 Å². The summed E-state index contributed by atoms with van der Waals surface area (Å²) in [7, 11) is 2.81. The number of esters is 1. The summed E-state index contributed by atoms with van der Waals surface area (Å²) < 4.78 is 15.5. The van der Waals surface area contributed by atoms with Gasteiger partial charge in [-0.05, 0) is 42.0 Å². The molecule has 0 fully saturated rings. The van der Waals surface area contributed by atoms with Crippen molar-refractivity contribution >= 4 is 22.8 Å². The van der Waals surface area contributed by atoms with E-state index >= 15 is 0 Å². The largest absolute Gasteiger partial charge is 0.508 e. The van der Waals surface area contributed by atoms with Crippen LogP contribution >= 0.6 is 0 Å². The van der Waals surface area contributed by atoms with Gasteiger partial charge in [-0.2, -0.15) is 0 Å². The number of hydrogen-bond donors (Lipinski definition) is 2. The van der Waals surface area contributed by atoms with Crippen LogP contribution in [0.3, 0.4) is 0 Å². The SMILES string of the molecule is COC(=O)C(Cc1ccc(O)cc1)NC(=O)c1cc2cc(OC)ccc2o1. The maximum absolute atomic E-state index is 12.6. The molecule has 0 radical (unpaired) electrons. The van der Waals surface area contributed by atoms with Crippen LogP contribution < -0.4 is 10.1 Å². The summed E-state index contributed by atoms with van der Waals surface area (Å²) in [4.78, 5) is 24.6. The van der Waals surface area contributed by atoms with Crippen molar-refractivity contribution in [3.63, 3.8) is 0 Å². The molecule has 27 heavy (non-hydrogen) atoms. The number of phenols is 1. The molecular weight excluding hydrogens is 350 g/mol. The van der Waals surface area contributed by atoms with Gasteiger partial charge in [0.15, 0.2) is 5.76 Å². The van der Waals surface area contributed by atoms with Crippen molar-refractivity contribution in [1.29, 1.82) is 0 Å². The van der Waals surface area contributed by atoms with Crippen molar-refractivity contribution < 1.29 is 28.6 Å². The van der Waals surface area contributed by atoms with Crippen LogP contribution in [0.15, 0.2) is 52.9 Å². The highest BCUT2D eigenvalue weighted by atomic mass is 16.5. The summed E-state index contributed by atoms with van der Waals surface area (Å²) in [5.74, 6) is -0.253. The molecule has 0 spiro atoms. The Hall–Kier alpha value is -3.48. The monoisotopic (exact) mass is 369 g/mol. The summed E-state index contributed by atoms with van der Waals surface area (Å²) in [6.07, 6.45) is 0.215. The third kappa shape index (κ3) is 4.20. The Morgan fingerprint density at radius 1 is 1.11 bits per heavy atom. The van der Waals surface area contributed by atoms with E-state index in [4.69, 9.17) is 13.9 Å². The summed E-state index contributed by atoms with van der Waals surface area (Å²) in [6.45, 7) is 0. The number of ether oxygens (including phenoxy) is 2. The van der Waals surface area contributed by atoms with Gasteiger partial charge in [0.05, 0.1) is 14.2 Å². The molecule has 0 bridgehead atoms. The Labute approximate surface area is 155 Å². The van der Waals surface area contributed by atoms with E-state index in [1.165, 1.54) is 19.2 Å². The maximum Gasteiger partial charge on any atom is 0.328 e. The number of benzene rings is 2. The van der Waals surface area contributed by atoms with Gasteiger partial charge in [-0.15, -0.1) is 0 Å². The van der Waals surface area contributed by atoms with Gasteiger partial charge < -0.3 is 24.3 Å². The van der Waals surface area contributed by atoms with E-state index in [-0.39, 0.29) is 17.9 Å². The molecule has 3 aromatic rings. The number of hydrogen-bond acceptors (Lipinski definition) is 6. The lowest BCUT2D eigenvalue weighted by Gasteiger charge is -2.16. The molecular formula is C20H19NO6. The highest BCUT2D eigenvalue weighted by Crippen LogP contribution is 2.24. The van der Waals surface area contributed by atoms with Crippen LogP contribution in [-0.4, -0.2) is 37.2 Å². The number of aromatic hydroxyl groups is 1. The first kappa shape index (κ1) is 18.3. The molecule has 2 aromatic carbocycles. The molecule has 7 heteroatoms. The molecule has 1 unspecified atom stereocenters. The smallest absolute Gasteiger partial charge is 0.328 e. The highest BCUT2D eigenvalue weighted by molar-refractivity contribution is 5.98. The number of rotatable bonds is 6. The average molecular weight is 369 g/mol. The first-order valence-electron chi connectivity index (χ1n) is 8.24. The van der Waals surface area contributed by atoms with E-state index in [1.54, 1.807) is 43.5 Å². The van der Waals surface area contributed by atoms with Crippen LogP contribution in [0.5, 0.6) is 11.5 Å². The van der Waals surface area contributed by atoms with Gasteiger partial charge in [0.25, 0.3) is 5.91 Å². The van der Waals surface area contributed by atoms with Crippen LogP contribution in [0.4, 0.5) is 0 Å². The number of phenolic OH excluding ortho intramolecular Hbond substituents is 1. The highest BCUT2D eigenvalue weighted by Gasteiger charge is 2.24. The molecule has 0 saturated heterocycles. The zero-order chi connectivity index (χ0) is 19.4. The van der Waals surface area contributed by atoms with Gasteiger partial charge in [0, 0.05) is 11.8 Å². The fourth-order valence-corrected chi connectivity index (χ4v) is 2.69. The van der Waals surface area contributed by atoms with Crippen LogP contribution in [0.1, 0.15) is 16.1 Å². The quantitative estimate of drug-likeness (QED) is 0.648. The fourth-order valence-electron chi connectivity index (χ4n) is 2.69. The zero-order valence-electron chi connectivity index (χ0n) is 14.9. The number of carbonyl (C=O) groups is 2. The number of nitrogens with one attached hydrogen (secondary N) is 1. The maximum atomic E-state index is 12.6.